The predicted molar refractivity (Wildman–Crippen MR) is 191 cm³/mol. The summed E-state index contributed by atoms with van der Waals surface area (Å²) in [6.07, 6.45) is 0.189. The van der Waals surface area contributed by atoms with E-state index in [9.17, 15) is 41.6 Å². The van der Waals surface area contributed by atoms with E-state index in [1.165, 1.54) is 35.1 Å². The Bertz CT molecular complexity index is 1850. The third kappa shape index (κ3) is 9.02. The SMILES string of the molecule is C=CC(=O)N(C)CC[C@H](NC(=O)OC(C)(C)C)C(=O)N1CC(OC(=O)N2Cc3cccc(F)c3C2)C[C@H]1C(=O)N[C@]1(C(=O)NS(=O)(=O)C2CC2)C[C@H]1C=C. The number of likely N-dealkylation sites (N-methyl/N-ethyl adjacent to an activating group) is 1. The number of nitrogens with zero attached hydrogens (tertiary/aromatic N) is 3. The number of carbonyl (C=O) groups is 6. The standard InChI is InChI=1S/C36H47FN6O10S/c1-7-22-17-36(22,32(47)40-54(50,51)24-12-13-24)39-30(45)28-16-23(52-34(49)42-18-21-10-9-11-26(37)25(21)20-42)19-43(28)31(46)27(14-15-41(6)29(44)8-2)38-33(48)53-35(3,4)5/h7-11,22-24,27-28H,1-2,12-20H2,3-6H3,(H,38,48)(H,39,45)(H,40,47)/t22-,23?,27+,28+,36-/m1/s1. The molecule has 1 unspecified atom stereocenters. The smallest absolute Gasteiger partial charge is 0.410 e. The van der Waals surface area contributed by atoms with Crippen molar-refractivity contribution < 1.29 is 51.0 Å². The number of alkyl carbamates (subject to hydrolysis) is 1. The number of amides is 6. The van der Waals surface area contributed by atoms with Gasteiger partial charge in [0.25, 0.3) is 5.91 Å². The lowest BCUT2D eigenvalue weighted by molar-refractivity contribution is -0.141. The highest BCUT2D eigenvalue weighted by Crippen LogP contribution is 2.45. The first-order valence-corrected chi connectivity index (χ1v) is 19.2. The Hall–Kier alpha value is -5.00. The van der Waals surface area contributed by atoms with Crippen LogP contribution >= 0.6 is 0 Å². The zero-order valence-corrected chi connectivity index (χ0v) is 31.6. The number of hydrogen-bond acceptors (Lipinski definition) is 10. The van der Waals surface area contributed by atoms with E-state index in [4.69, 9.17) is 9.47 Å². The van der Waals surface area contributed by atoms with Gasteiger partial charge < -0.3 is 29.9 Å². The molecular weight excluding hydrogens is 727 g/mol. The summed E-state index contributed by atoms with van der Waals surface area (Å²) in [6.45, 7) is 11.7. The fourth-order valence-corrected chi connectivity index (χ4v) is 7.98. The molecule has 4 aliphatic rings. The molecule has 1 aromatic rings. The van der Waals surface area contributed by atoms with Crippen LogP contribution in [0.15, 0.2) is 43.5 Å². The van der Waals surface area contributed by atoms with Gasteiger partial charge in [0, 0.05) is 38.0 Å². The lowest BCUT2D eigenvalue weighted by Gasteiger charge is -2.31. The van der Waals surface area contributed by atoms with Gasteiger partial charge in [0.2, 0.25) is 27.7 Å². The van der Waals surface area contributed by atoms with E-state index in [0.717, 1.165) is 11.0 Å². The lowest BCUT2D eigenvalue weighted by Crippen LogP contribution is -2.58. The molecule has 6 amide bonds. The average Bonchev–Trinajstić information content (AvgIpc) is 3.99. The molecule has 0 bridgehead atoms. The van der Waals surface area contributed by atoms with Crippen LogP contribution in [-0.4, -0.2) is 114 Å². The van der Waals surface area contributed by atoms with E-state index in [0.29, 0.717) is 24.0 Å². The van der Waals surface area contributed by atoms with Gasteiger partial charge in [-0.1, -0.05) is 24.8 Å². The number of likely N-dealkylation sites (tertiary alicyclic amines) is 1. The van der Waals surface area contributed by atoms with Crippen LogP contribution in [0.2, 0.25) is 0 Å². The normalized spacial score (nSPS) is 23.7. The van der Waals surface area contributed by atoms with Gasteiger partial charge in [-0.2, -0.15) is 0 Å². The molecule has 16 nitrogen and oxygen atoms in total. The molecule has 5 atom stereocenters. The summed E-state index contributed by atoms with van der Waals surface area (Å²) in [7, 11) is -2.50. The number of sulfonamides is 1. The Morgan fingerprint density at radius 2 is 1.83 bits per heavy atom. The van der Waals surface area contributed by atoms with Crippen LogP contribution in [0.25, 0.3) is 0 Å². The number of rotatable bonds is 13. The van der Waals surface area contributed by atoms with Gasteiger partial charge >= 0.3 is 12.2 Å². The summed E-state index contributed by atoms with van der Waals surface area (Å²) in [5, 5.41) is 4.48. The third-order valence-corrected chi connectivity index (χ3v) is 11.7. The highest BCUT2D eigenvalue weighted by molar-refractivity contribution is 7.91. The van der Waals surface area contributed by atoms with Crippen molar-refractivity contribution in [2.45, 2.75) is 101 Å². The minimum Gasteiger partial charge on any atom is -0.444 e. The molecule has 18 heteroatoms. The summed E-state index contributed by atoms with van der Waals surface area (Å²) in [4.78, 5) is 84.1. The molecule has 1 saturated heterocycles. The molecule has 54 heavy (non-hydrogen) atoms. The number of benzene rings is 1. The summed E-state index contributed by atoms with van der Waals surface area (Å²) in [5.74, 6) is -4.09. The van der Waals surface area contributed by atoms with Crippen LogP contribution in [0.5, 0.6) is 0 Å². The van der Waals surface area contributed by atoms with Gasteiger partial charge in [-0.25, -0.2) is 22.4 Å². The molecule has 2 heterocycles. The second-order valence-corrected chi connectivity index (χ2v) is 17.1. The van der Waals surface area contributed by atoms with Crippen molar-refractivity contribution >= 4 is 45.8 Å². The first-order valence-electron chi connectivity index (χ1n) is 17.7. The molecule has 3 fully saturated rings. The van der Waals surface area contributed by atoms with Crippen molar-refractivity contribution in [3.63, 3.8) is 0 Å². The Balaban J connectivity index is 1.39. The fourth-order valence-electron chi connectivity index (χ4n) is 6.62. The highest BCUT2D eigenvalue weighted by atomic mass is 32.2. The molecule has 3 N–H and O–H groups in total. The van der Waals surface area contributed by atoms with Crippen molar-refractivity contribution in [2.24, 2.45) is 5.92 Å². The van der Waals surface area contributed by atoms with Crippen LogP contribution in [0.4, 0.5) is 14.0 Å². The topological polar surface area (TPSA) is 201 Å². The zero-order chi connectivity index (χ0) is 39.7. The maximum atomic E-state index is 14.4. The molecule has 1 aromatic carbocycles. The second kappa shape index (κ2) is 15.4. The minimum absolute atomic E-state index is 0.0218. The number of hydrogen-bond donors (Lipinski definition) is 3. The number of halogens is 1. The summed E-state index contributed by atoms with van der Waals surface area (Å²) in [6, 6.07) is 1.80. The number of carbonyl (C=O) groups excluding carboxylic acids is 6. The number of nitrogens with one attached hydrogen (secondary N) is 3. The zero-order valence-electron chi connectivity index (χ0n) is 30.8. The average molecular weight is 775 g/mol. The van der Waals surface area contributed by atoms with Gasteiger partial charge in [-0.15, -0.1) is 6.58 Å². The molecule has 2 aliphatic heterocycles. The number of ether oxygens (including phenoxy) is 2. The Morgan fingerprint density at radius 1 is 1.13 bits per heavy atom. The predicted octanol–water partition coefficient (Wildman–Crippen LogP) is 1.84. The van der Waals surface area contributed by atoms with E-state index in [2.05, 4.69) is 28.5 Å². The lowest BCUT2D eigenvalue weighted by atomic mass is 10.1. The van der Waals surface area contributed by atoms with Crippen molar-refractivity contribution in [1.29, 1.82) is 0 Å². The molecule has 0 radical (unpaired) electrons. The second-order valence-electron chi connectivity index (χ2n) is 15.1. The van der Waals surface area contributed by atoms with E-state index < -0.39 is 92.2 Å². The molecule has 2 saturated carbocycles. The quantitative estimate of drug-likeness (QED) is 0.196. The molecular formula is C36H47FN6O10S. The van der Waals surface area contributed by atoms with Crippen molar-refractivity contribution in [3.05, 3.63) is 60.5 Å². The Morgan fingerprint density at radius 3 is 2.43 bits per heavy atom. The summed E-state index contributed by atoms with van der Waals surface area (Å²) < 4.78 is 53.0. The van der Waals surface area contributed by atoms with E-state index >= 15 is 0 Å². The van der Waals surface area contributed by atoms with Crippen LogP contribution in [0.1, 0.15) is 64.0 Å². The van der Waals surface area contributed by atoms with Gasteiger partial charge in [-0.05, 0) is 64.2 Å². The van der Waals surface area contributed by atoms with Crippen molar-refractivity contribution in [2.75, 3.05) is 20.1 Å². The van der Waals surface area contributed by atoms with Crippen molar-refractivity contribution in [1.82, 2.24) is 30.1 Å². The van der Waals surface area contributed by atoms with E-state index in [-0.39, 0.29) is 45.4 Å². The molecule has 0 aromatic heterocycles. The van der Waals surface area contributed by atoms with Crippen LogP contribution in [0.3, 0.4) is 0 Å². The van der Waals surface area contributed by atoms with Gasteiger partial charge in [0.15, 0.2) is 0 Å². The summed E-state index contributed by atoms with van der Waals surface area (Å²) >= 11 is 0. The first-order chi connectivity index (χ1) is 25.3. The Kier molecular flexibility index (Phi) is 11.5. The number of fused-ring (bicyclic) bond motifs is 1. The minimum atomic E-state index is -3.97. The monoisotopic (exact) mass is 774 g/mol. The molecule has 2 aliphatic carbocycles. The van der Waals surface area contributed by atoms with Crippen LogP contribution in [0, 0.1) is 11.7 Å². The fraction of sp³-hybridized carbons (Fsp3) is 0.556. The molecule has 5 rings (SSSR count). The van der Waals surface area contributed by atoms with Crippen LogP contribution < -0.4 is 15.4 Å². The highest BCUT2D eigenvalue weighted by Gasteiger charge is 2.62. The third-order valence-electron chi connectivity index (χ3n) is 9.84. The van der Waals surface area contributed by atoms with Gasteiger partial charge in [0.05, 0.1) is 18.3 Å². The van der Waals surface area contributed by atoms with Gasteiger partial charge in [0.1, 0.15) is 35.1 Å². The maximum Gasteiger partial charge on any atom is 0.410 e. The maximum absolute atomic E-state index is 14.4. The summed E-state index contributed by atoms with van der Waals surface area (Å²) in [5.41, 5.74) is -1.65. The van der Waals surface area contributed by atoms with E-state index in [1.54, 1.807) is 26.8 Å². The van der Waals surface area contributed by atoms with Crippen molar-refractivity contribution in [3.8, 4) is 0 Å². The largest absolute Gasteiger partial charge is 0.444 e. The van der Waals surface area contributed by atoms with Gasteiger partial charge in [-0.3, -0.25) is 28.8 Å². The molecule has 294 valence electrons. The molecule has 0 spiro atoms. The van der Waals surface area contributed by atoms with Crippen LogP contribution in [-0.2, 0) is 51.8 Å². The van der Waals surface area contributed by atoms with E-state index in [1.807, 2.05) is 0 Å². The first kappa shape index (κ1) is 40.2. The Labute approximate surface area is 313 Å².